The van der Waals surface area contributed by atoms with E-state index >= 15 is 0 Å². The van der Waals surface area contributed by atoms with Gasteiger partial charge in [0.2, 0.25) is 0 Å². The van der Waals surface area contributed by atoms with Gasteiger partial charge in [-0.3, -0.25) is 9.69 Å². The predicted molar refractivity (Wildman–Crippen MR) is 87.3 cm³/mol. The average Bonchev–Trinajstić information content (AvgIpc) is 2.83. The summed E-state index contributed by atoms with van der Waals surface area (Å²) in [5.41, 5.74) is 1.01. The van der Waals surface area contributed by atoms with Crippen molar-refractivity contribution in [3.05, 3.63) is 29.8 Å². The number of carbonyl (C=O) groups is 1. The summed E-state index contributed by atoms with van der Waals surface area (Å²) in [7, 11) is 1.90. The number of hydrogen-bond acceptors (Lipinski definition) is 3. The van der Waals surface area contributed by atoms with Crippen molar-refractivity contribution in [2.24, 2.45) is 5.41 Å². The van der Waals surface area contributed by atoms with Gasteiger partial charge in [-0.05, 0) is 30.5 Å². The summed E-state index contributed by atoms with van der Waals surface area (Å²) in [6.07, 6.45) is 1.22. The summed E-state index contributed by atoms with van der Waals surface area (Å²) in [5, 5.41) is 0. The van der Waals surface area contributed by atoms with Gasteiger partial charge in [0.15, 0.2) is 0 Å². The molecule has 120 valence electrons. The van der Waals surface area contributed by atoms with Gasteiger partial charge in [-0.2, -0.15) is 0 Å². The Morgan fingerprint density at radius 2 is 1.95 bits per heavy atom. The minimum atomic E-state index is 0.0672. The van der Waals surface area contributed by atoms with E-state index in [4.69, 9.17) is 4.74 Å². The maximum atomic E-state index is 12.6. The zero-order valence-electron chi connectivity index (χ0n) is 14.0. The molecule has 0 radical (unpaired) electrons. The topological polar surface area (TPSA) is 32.8 Å². The molecule has 1 aromatic carbocycles. The van der Waals surface area contributed by atoms with Crippen molar-refractivity contribution >= 4 is 5.91 Å². The van der Waals surface area contributed by atoms with Gasteiger partial charge in [0.1, 0.15) is 11.9 Å². The van der Waals surface area contributed by atoms with Crippen LogP contribution in [0, 0.1) is 5.41 Å². The third kappa shape index (κ3) is 2.98. The number of carbonyl (C=O) groups excluding carboxylic acids is 1. The standard InChI is InChI=1S/C18H26N2O2/c1-18(2,3)9-10-20-11-14-16(12-20)22-15-8-6-5-7-13(15)17(21)19(14)4/h5-8,14,16H,9-12H2,1-4H3/t14-,16+/m1/s1. The summed E-state index contributed by atoms with van der Waals surface area (Å²) < 4.78 is 6.18. The summed E-state index contributed by atoms with van der Waals surface area (Å²) >= 11 is 0. The molecule has 1 saturated heterocycles. The lowest BCUT2D eigenvalue weighted by Gasteiger charge is -2.26. The van der Waals surface area contributed by atoms with E-state index in [2.05, 4.69) is 25.7 Å². The van der Waals surface area contributed by atoms with Gasteiger partial charge in [0, 0.05) is 20.1 Å². The zero-order valence-corrected chi connectivity index (χ0v) is 14.0. The number of amides is 1. The second-order valence-electron chi connectivity index (χ2n) is 7.71. The molecule has 0 aliphatic carbocycles. The fraction of sp³-hybridized carbons (Fsp3) is 0.611. The predicted octanol–water partition coefficient (Wildman–Crippen LogP) is 2.64. The molecule has 1 amide bonds. The molecule has 2 aliphatic rings. The lowest BCUT2D eigenvalue weighted by atomic mass is 9.92. The van der Waals surface area contributed by atoms with Gasteiger partial charge in [-0.15, -0.1) is 0 Å². The molecular formula is C18H26N2O2. The van der Waals surface area contributed by atoms with Crippen LogP contribution in [0.4, 0.5) is 0 Å². The number of benzene rings is 1. The highest BCUT2D eigenvalue weighted by Crippen LogP contribution is 2.31. The van der Waals surface area contributed by atoms with E-state index in [1.54, 1.807) is 0 Å². The first kappa shape index (κ1) is 15.3. The molecule has 4 heteroatoms. The van der Waals surface area contributed by atoms with Gasteiger partial charge in [0.05, 0.1) is 11.6 Å². The fourth-order valence-corrected chi connectivity index (χ4v) is 3.25. The van der Waals surface area contributed by atoms with Crippen molar-refractivity contribution in [3.63, 3.8) is 0 Å². The van der Waals surface area contributed by atoms with E-state index in [-0.39, 0.29) is 18.1 Å². The minimum absolute atomic E-state index is 0.0672. The van der Waals surface area contributed by atoms with Crippen LogP contribution < -0.4 is 4.74 Å². The van der Waals surface area contributed by atoms with Gasteiger partial charge < -0.3 is 9.64 Å². The van der Waals surface area contributed by atoms with Crippen LogP contribution in [0.3, 0.4) is 0 Å². The van der Waals surface area contributed by atoms with Gasteiger partial charge >= 0.3 is 0 Å². The van der Waals surface area contributed by atoms with Crippen LogP contribution in [0.5, 0.6) is 5.75 Å². The number of likely N-dealkylation sites (tertiary alicyclic amines) is 1. The molecule has 0 saturated carbocycles. The molecule has 22 heavy (non-hydrogen) atoms. The number of hydrogen-bond donors (Lipinski definition) is 0. The quantitative estimate of drug-likeness (QED) is 0.842. The number of nitrogens with zero attached hydrogens (tertiary/aromatic N) is 2. The van der Waals surface area contributed by atoms with Crippen molar-refractivity contribution < 1.29 is 9.53 Å². The van der Waals surface area contributed by atoms with Crippen LogP contribution in [0.1, 0.15) is 37.6 Å². The zero-order chi connectivity index (χ0) is 15.9. The van der Waals surface area contributed by atoms with Crippen molar-refractivity contribution in [2.75, 3.05) is 26.7 Å². The monoisotopic (exact) mass is 302 g/mol. The van der Waals surface area contributed by atoms with Gasteiger partial charge in [-0.25, -0.2) is 0 Å². The number of fused-ring (bicyclic) bond motifs is 2. The molecule has 2 aliphatic heterocycles. The van der Waals surface area contributed by atoms with Gasteiger partial charge in [-0.1, -0.05) is 32.9 Å². The van der Waals surface area contributed by atoms with E-state index in [9.17, 15) is 4.79 Å². The van der Waals surface area contributed by atoms with Crippen LogP contribution in [-0.2, 0) is 0 Å². The molecule has 0 spiro atoms. The highest BCUT2D eigenvalue weighted by molar-refractivity contribution is 5.97. The molecule has 0 N–H and O–H groups in total. The van der Waals surface area contributed by atoms with Crippen molar-refractivity contribution in [1.82, 2.24) is 9.80 Å². The smallest absolute Gasteiger partial charge is 0.257 e. The summed E-state index contributed by atoms with van der Waals surface area (Å²) in [4.78, 5) is 16.9. The number of likely N-dealkylation sites (N-methyl/N-ethyl adjacent to an activating group) is 1. The largest absolute Gasteiger partial charge is 0.486 e. The highest BCUT2D eigenvalue weighted by atomic mass is 16.5. The molecule has 0 aromatic heterocycles. The van der Waals surface area contributed by atoms with Crippen LogP contribution in [0.25, 0.3) is 0 Å². The maximum absolute atomic E-state index is 12.6. The molecule has 4 nitrogen and oxygen atoms in total. The Bertz CT molecular complexity index is 564. The lowest BCUT2D eigenvalue weighted by molar-refractivity contribution is 0.0682. The van der Waals surface area contributed by atoms with E-state index in [1.807, 2.05) is 36.2 Å². The first-order valence-corrected chi connectivity index (χ1v) is 8.10. The molecule has 1 aromatic rings. The summed E-state index contributed by atoms with van der Waals surface area (Å²) in [6, 6.07) is 7.72. The van der Waals surface area contributed by atoms with Crippen LogP contribution in [-0.4, -0.2) is 54.5 Å². The minimum Gasteiger partial charge on any atom is -0.486 e. The Morgan fingerprint density at radius 3 is 2.68 bits per heavy atom. The Kier molecular flexibility index (Phi) is 3.89. The Morgan fingerprint density at radius 1 is 1.23 bits per heavy atom. The van der Waals surface area contributed by atoms with E-state index in [0.29, 0.717) is 11.0 Å². The number of ether oxygens (including phenoxy) is 1. The van der Waals surface area contributed by atoms with Crippen LogP contribution in [0.15, 0.2) is 24.3 Å². The van der Waals surface area contributed by atoms with E-state index in [1.165, 1.54) is 0 Å². The van der Waals surface area contributed by atoms with E-state index in [0.717, 1.165) is 31.8 Å². The Labute approximate surface area is 133 Å². The number of rotatable bonds is 2. The summed E-state index contributed by atoms with van der Waals surface area (Å²) in [6.45, 7) is 9.66. The van der Waals surface area contributed by atoms with Gasteiger partial charge in [0.25, 0.3) is 5.91 Å². The van der Waals surface area contributed by atoms with E-state index < -0.39 is 0 Å². The maximum Gasteiger partial charge on any atom is 0.257 e. The Hall–Kier alpha value is -1.55. The third-order valence-electron chi connectivity index (χ3n) is 4.70. The second kappa shape index (κ2) is 5.58. The summed E-state index contributed by atoms with van der Waals surface area (Å²) in [5.74, 6) is 0.797. The molecule has 0 bridgehead atoms. The molecule has 3 rings (SSSR count). The molecule has 2 heterocycles. The van der Waals surface area contributed by atoms with Crippen molar-refractivity contribution in [2.45, 2.75) is 39.3 Å². The lowest BCUT2D eigenvalue weighted by Crippen LogP contribution is -2.44. The van der Waals surface area contributed by atoms with Crippen molar-refractivity contribution in [3.8, 4) is 5.75 Å². The molecule has 0 unspecified atom stereocenters. The second-order valence-corrected chi connectivity index (χ2v) is 7.71. The first-order valence-electron chi connectivity index (χ1n) is 8.10. The highest BCUT2D eigenvalue weighted by Gasteiger charge is 2.42. The normalized spacial score (nSPS) is 25.5. The third-order valence-corrected chi connectivity index (χ3v) is 4.70. The molecular weight excluding hydrogens is 276 g/mol. The Balaban J connectivity index is 1.76. The van der Waals surface area contributed by atoms with Crippen LogP contribution >= 0.6 is 0 Å². The average molecular weight is 302 g/mol. The SMILES string of the molecule is CN1C(=O)c2ccccc2O[C@H]2CN(CCC(C)(C)C)C[C@H]21. The van der Waals surface area contributed by atoms with Crippen LogP contribution in [0.2, 0.25) is 0 Å². The first-order chi connectivity index (χ1) is 10.3. The molecule has 1 fully saturated rings. The van der Waals surface area contributed by atoms with Crippen molar-refractivity contribution in [1.29, 1.82) is 0 Å². The fourth-order valence-electron chi connectivity index (χ4n) is 3.25. The number of para-hydroxylation sites is 1. The molecule has 2 atom stereocenters.